The van der Waals surface area contributed by atoms with Gasteiger partial charge in [-0.1, -0.05) is 6.08 Å². The Labute approximate surface area is 93.0 Å². The number of carbonyl (C=O) groups is 3. The molecular formula is C11H13NO4. The monoisotopic (exact) mass is 223 g/mol. The number of rotatable bonds is 1. The predicted molar refractivity (Wildman–Crippen MR) is 54.1 cm³/mol. The lowest BCUT2D eigenvalue weighted by Crippen LogP contribution is -2.35. The van der Waals surface area contributed by atoms with Gasteiger partial charge >= 0.3 is 5.97 Å². The fraction of sp³-hybridized carbons (Fsp3) is 0.545. The molecule has 1 aliphatic heterocycles. The lowest BCUT2D eigenvalue weighted by molar-refractivity contribution is -0.149. The Hall–Kier alpha value is -1.65. The Morgan fingerprint density at radius 3 is 2.75 bits per heavy atom. The van der Waals surface area contributed by atoms with E-state index in [9.17, 15) is 14.4 Å². The van der Waals surface area contributed by atoms with Crippen molar-refractivity contribution >= 4 is 17.8 Å². The maximum absolute atomic E-state index is 11.8. The molecule has 0 bridgehead atoms. The average Bonchev–Trinajstić information content (AvgIpc) is 2.44. The number of imide groups is 1. The number of fused-ring (bicyclic) bond motifs is 1. The second-order valence-electron chi connectivity index (χ2n) is 4.11. The van der Waals surface area contributed by atoms with Crippen molar-refractivity contribution in [1.82, 2.24) is 4.90 Å². The molecule has 5 nitrogen and oxygen atoms in total. The SMILES string of the molecule is CC(=O)O[C@H]1C=CC[C@H]2C(=O)N(C)C(=O)[C@@H]12. The average molecular weight is 223 g/mol. The lowest BCUT2D eigenvalue weighted by atomic mass is 9.83. The van der Waals surface area contributed by atoms with Gasteiger partial charge in [-0.05, 0) is 12.5 Å². The number of likely N-dealkylation sites (tertiary alicyclic amines) is 1. The largest absolute Gasteiger partial charge is 0.457 e. The van der Waals surface area contributed by atoms with Crippen LogP contribution in [0.15, 0.2) is 12.2 Å². The van der Waals surface area contributed by atoms with E-state index < -0.39 is 18.0 Å². The third kappa shape index (κ3) is 1.52. The molecule has 0 N–H and O–H groups in total. The van der Waals surface area contributed by atoms with Crippen LogP contribution in [0.2, 0.25) is 0 Å². The van der Waals surface area contributed by atoms with Crippen LogP contribution in [0.25, 0.3) is 0 Å². The number of hydrogen-bond donors (Lipinski definition) is 0. The molecule has 1 aliphatic carbocycles. The minimum atomic E-state index is -0.599. The molecule has 0 saturated carbocycles. The van der Waals surface area contributed by atoms with Crippen molar-refractivity contribution in [3.8, 4) is 0 Å². The van der Waals surface area contributed by atoms with Crippen LogP contribution in [0, 0.1) is 11.8 Å². The minimum Gasteiger partial charge on any atom is -0.457 e. The van der Waals surface area contributed by atoms with E-state index in [-0.39, 0.29) is 17.7 Å². The second kappa shape index (κ2) is 3.73. The number of hydrogen-bond acceptors (Lipinski definition) is 4. The third-order valence-corrected chi connectivity index (χ3v) is 3.07. The van der Waals surface area contributed by atoms with Crippen LogP contribution in [0.1, 0.15) is 13.3 Å². The van der Waals surface area contributed by atoms with Gasteiger partial charge in [0.25, 0.3) is 0 Å². The van der Waals surface area contributed by atoms with E-state index in [0.29, 0.717) is 6.42 Å². The molecule has 0 radical (unpaired) electrons. The van der Waals surface area contributed by atoms with Gasteiger partial charge in [-0.15, -0.1) is 0 Å². The molecule has 0 unspecified atom stereocenters. The molecule has 1 fully saturated rings. The van der Waals surface area contributed by atoms with Crippen LogP contribution < -0.4 is 0 Å². The van der Waals surface area contributed by atoms with Crippen molar-refractivity contribution in [2.24, 2.45) is 11.8 Å². The summed E-state index contributed by atoms with van der Waals surface area (Å²) in [7, 11) is 1.47. The molecule has 3 atom stereocenters. The van der Waals surface area contributed by atoms with Crippen LogP contribution in [0.4, 0.5) is 0 Å². The first-order chi connectivity index (χ1) is 7.52. The molecule has 0 aromatic heterocycles. The number of nitrogens with zero attached hydrogens (tertiary/aromatic N) is 1. The highest BCUT2D eigenvalue weighted by Gasteiger charge is 2.50. The minimum absolute atomic E-state index is 0.184. The van der Waals surface area contributed by atoms with Crippen molar-refractivity contribution < 1.29 is 19.1 Å². The molecule has 0 aromatic carbocycles. The summed E-state index contributed by atoms with van der Waals surface area (Å²) in [4.78, 5) is 35.6. The number of ether oxygens (including phenoxy) is 1. The van der Waals surface area contributed by atoms with E-state index >= 15 is 0 Å². The Morgan fingerprint density at radius 2 is 2.12 bits per heavy atom. The van der Waals surface area contributed by atoms with Gasteiger partial charge in [0.1, 0.15) is 6.10 Å². The van der Waals surface area contributed by atoms with Crippen LogP contribution in [-0.4, -0.2) is 35.8 Å². The standard InChI is InChI=1S/C11H13NO4/c1-6(13)16-8-5-3-4-7-9(8)11(15)12(2)10(7)14/h3,5,7-9H,4H2,1-2H3/t7-,8+,9-/m1/s1. The van der Waals surface area contributed by atoms with Gasteiger partial charge in [-0.25, -0.2) is 0 Å². The summed E-state index contributed by atoms with van der Waals surface area (Å²) in [5.74, 6) is -1.79. The molecule has 2 rings (SSSR count). The number of esters is 1. The lowest BCUT2D eigenvalue weighted by Gasteiger charge is -2.25. The van der Waals surface area contributed by atoms with E-state index in [1.165, 1.54) is 14.0 Å². The number of carbonyl (C=O) groups excluding carboxylic acids is 3. The van der Waals surface area contributed by atoms with Gasteiger partial charge in [-0.3, -0.25) is 19.3 Å². The summed E-state index contributed by atoms with van der Waals surface area (Å²) in [5, 5.41) is 0. The quantitative estimate of drug-likeness (QED) is 0.359. The molecule has 1 heterocycles. The summed E-state index contributed by atoms with van der Waals surface area (Å²) in [5.41, 5.74) is 0. The van der Waals surface area contributed by atoms with E-state index in [0.717, 1.165) is 4.90 Å². The summed E-state index contributed by atoms with van der Waals surface area (Å²) >= 11 is 0. The summed E-state index contributed by atoms with van der Waals surface area (Å²) in [6.07, 6.45) is 3.42. The zero-order valence-corrected chi connectivity index (χ0v) is 9.17. The summed E-state index contributed by atoms with van der Waals surface area (Å²) in [6, 6.07) is 0. The highest BCUT2D eigenvalue weighted by molar-refractivity contribution is 6.05. The Bertz CT molecular complexity index is 387. The van der Waals surface area contributed by atoms with Gasteiger partial charge in [0.15, 0.2) is 0 Å². The fourth-order valence-electron chi connectivity index (χ4n) is 2.31. The van der Waals surface area contributed by atoms with Gasteiger partial charge in [-0.2, -0.15) is 0 Å². The fourth-order valence-corrected chi connectivity index (χ4v) is 2.31. The van der Waals surface area contributed by atoms with Gasteiger partial charge < -0.3 is 4.74 Å². The molecule has 2 aliphatic rings. The van der Waals surface area contributed by atoms with Crippen LogP contribution in [0.5, 0.6) is 0 Å². The molecule has 5 heteroatoms. The van der Waals surface area contributed by atoms with Crippen molar-refractivity contribution in [1.29, 1.82) is 0 Å². The predicted octanol–water partition coefficient (Wildman–Crippen LogP) is 0.109. The van der Waals surface area contributed by atoms with Crippen LogP contribution >= 0.6 is 0 Å². The molecule has 86 valence electrons. The zero-order chi connectivity index (χ0) is 11.9. The summed E-state index contributed by atoms with van der Waals surface area (Å²) < 4.78 is 5.05. The van der Waals surface area contributed by atoms with Crippen LogP contribution in [-0.2, 0) is 19.1 Å². The molecule has 2 amide bonds. The first kappa shape index (κ1) is 10.9. The van der Waals surface area contributed by atoms with Gasteiger partial charge in [0, 0.05) is 14.0 Å². The smallest absolute Gasteiger partial charge is 0.303 e. The molecule has 0 aromatic rings. The van der Waals surface area contributed by atoms with Gasteiger partial charge in [0.05, 0.1) is 11.8 Å². The maximum Gasteiger partial charge on any atom is 0.303 e. The summed E-state index contributed by atoms with van der Waals surface area (Å²) in [6.45, 7) is 1.29. The van der Waals surface area contributed by atoms with E-state index in [1.807, 2.05) is 0 Å². The zero-order valence-electron chi connectivity index (χ0n) is 9.17. The molecule has 16 heavy (non-hydrogen) atoms. The third-order valence-electron chi connectivity index (χ3n) is 3.07. The van der Waals surface area contributed by atoms with E-state index in [2.05, 4.69) is 0 Å². The molecular weight excluding hydrogens is 210 g/mol. The van der Waals surface area contributed by atoms with Crippen molar-refractivity contribution in [3.63, 3.8) is 0 Å². The van der Waals surface area contributed by atoms with Gasteiger partial charge in [0.2, 0.25) is 11.8 Å². The maximum atomic E-state index is 11.8. The van der Waals surface area contributed by atoms with E-state index in [4.69, 9.17) is 4.74 Å². The van der Waals surface area contributed by atoms with Crippen LogP contribution in [0.3, 0.4) is 0 Å². The van der Waals surface area contributed by atoms with Crippen molar-refractivity contribution in [3.05, 3.63) is 12.2 Å². The first-order valence-corrected chi connectivity index (χ1v) is 5.17. The van der Waals surface area contributed by atoms with Crippen molar-refractivity contribution in [2.45, 2.75) is 19.4 Å². The number of amides is 2. The topological polar surface area (TPSA) is 63.7 Å². The Kier molecular flexibility index (Phi) is 2.53. The molecule has 1 saturated heterocycles. The first-order valence-electron chi connectivity index (χ1n) is 5.17. The number of allylic oxidation sites excluding steroid dienone is 1. The van der Waals surface area contributed by atoms with E-state index in [1.54, 1.807) is 12.2 Å². The second-order valence-corrected chi connectivity index (χ2v) is 4.11. The molecule has 0 spiro atoms. The Morgan fingerprint density at radius 1 is 1.44 bits per heavy atom. The highest BCUT2D eigenvalue weighted by Crippen LogP contribution is 2.35. The normalized spacial score (nSPS) is 32.9. The highest BCUT2D eigenvalue weighted by atomic mass is 16.5. The Balaban J connectivity index is 2.27. The van der Waals surface area contributed by atoms with Crippen molar-refractivity contribution in [2.75, 3.05) is 7.05 Å².